The summed E-state index contributed by atoms with van der Waals surface area (Å²) in [5, 5.41) is 3.73. The highest BCUT2D eigenvalue weighted by Gasteiger charge is 2.40. The molecule has 1 saturated heterocycles. The summed E-state index contributed by atoms with van der Waals surface area (Å²) in [6.07, 6.45) is 8.62. The Morgan fingerprint density at radius 2 is 1.88 bits per heavy atom. The summed E-state index contributed by atoms with van der Waals surface area (Å²) in [5.41, 5.74) is 0. The molecular weight excluding hydrogens is 208 g/mol. The van der Waals surface area contributed by atoms with Gasteiger partial charge < -0.3 is 5.32 Å². The number of hydrogen-bond donors (Lipinski definition) is 1. The lowest BCUT2D eigenvalue weighted by Gasteiger charge is -2.50. The maximum atomic E-state index is 3.73. The van der Waals surface area contributed by atoms with Crippen molar-refractivity contribution in [3.05, 3.63) is 0 Å². The molecule has 0 bridgehead atoms. The molecule has 17 heavy (non-hydrogen) atoms. The van der Waals surface area contributed by atoms with Crippen LogP contribution < -0.4 is 5.32 Å². The van der Waals surface area contributed by atoms with E-state index < -0.39 is 0 Å². The van der Waals surface area contributed by atoms with E-state index in [0.29, 0.717) is 0 Å². The molecule has 0 aromatic heterocycles. The molecule has 2 nitrogen and oxygen atoms in total. The summed E-state index contributed by atoms with van der Waals surface area (Å²) in [6.45, 7) is 7.53. The summed E-state index contributed by atoms with van der Waals surface area (Å²) >= 11 is 0. The van der Waals surface area contributed by atoms with Crippen LogP contribution in [0.3, 0.4) is 0 Å². The van der Waals surface area contributed by atoms with E-state index in [-0.39, 0.29) is 0 Å². The minimum absolute atomic E-state index is 0.817. The van der Waals surface area contributed by atoms with Crippen LogP contribution in [0, 0.1) is 11.8 Å². The second-order valence-corrected chi connectivity index (χ2v) is 6.69. The Morgan fingerprint density at radius 1 is 1.06 bits per heavy atom. The molecule has 3 rings (SSSR count). The Morgan fingerprint density at radius 3 is 2.53 bits per heavy atom. The van der Waals surface area contributed by atoms with Crippen LogP contribution in [-0.4, -0.2) is 36.1 Å². The summed E-state index contributed by atoms with van der Waals surface area (Å²) in [6, 6.07) is 2.60. The summed E-state index contributed by atoms with van der Waals surface area (Å²) in [4.78, 5) is 2.83. The van der Waals surface area contributed by atoms with E-state index in [1.54, 1.807) is 0 Å². The predicted molar refractivity (Wildman–Crippen MR) is 72.1 cm³/mol. The normalized spacial score (nSPS) is 43.4. The lowest BCUT2D eigenvalue weighted by molar-refractivity contribution is -0.00659. The summed E-state index contributed by atoms with van der Waals surface area (Å²) in [7, 11) is 0. The maximum Gasteiger partial charge on any atom is 0.0139 e. The van der Waals surface area contributed by atoms with E-state index >= 15 is 0 Å². The molecule has 0 amide bonds. The highest BCUT2D eigenvalue weighted by atomic mass is 15.2. The SMILES string of the molecule is CC1CCCN(C2CCC2CNC2CC2)C1C. The Kier molecular flexibility index (Phi) is 3.45. The van der Waals surface area contributed by atoms with Crippen molar-refractivity contribution in [2.45, 2.75) is 70.5 Å². The van der Waals surface area contributed by atoms with Gasteiger partial charge in [-0.05, 0) is 70.4 Å². The number of rotatable bonds is 4. The van der Waals surface area contributed by atoms with Crippen molar-refractivity contribution in [3.63, 3.8) is 0 Å². The van der Waals surface area contributed by atoms with Crippen LogP contribution in [0.1, 0.15) is 52.4 Å². The van der Waals surface area contributed by atoms with Crippen molar-refractivity contribution < 1.29 is 0 Å². The van der Waals surface area contributed by atoms with Crippen molar-refractivity contribution in [3.8, 4) is 0 Å². The Labute approximate surface area is 106 Å². The van der Waals surface area contributed by atoms with Crippen molar-refractivity contribution in [2.75, 3.05) is 13.1 Å². The fraction of sp³-hybridized carbons (Fsp3) is 1.00. The van der Waals surface area contributed by atoms with Crippen molar-refractivity contribution in [2.24, 2.45) is 11.8 Å². The number of hydrogen-bond acceptors (Lipinski definition) is 2. The zero-order valence-electron chi connectivity index (χ0n) is 11.5. The molecule has 2 heteroatoms. The maximum absolute atomic E-state index is 3.73. The second-order valence-electron chi connectivity index (χ2n) is 6.69. The first-order valence-corrected chi connectivity index (χ1v) is 7.75. The van der Waals surface area contributed by atoms with Gasteiger partial charge in [0.1, 0.15) is 0 Å². The lowest BCUT2D eigenvalue weighted by Crippen LogP contribution is -2.56. The van der Waals surface area contributed by atoms with E-state index in [1.165, 1.54) is 51.6 Å². The minimum atomic E-state index is 0.817. The van der Waals surface area contributed by atoms with E-state index in [2.05, 4.69) is 24.1 Å². The van der Waals surface area contributed by atoms with Gasteiger partial charge in [-0.3, -0.25) is 4.90 Å². The Balaban J connectivity index is 1.51. The highest BCUT2D eigenvalue weighted by Crippen LogP contribution is 2.37. The molecule has 4 unspecified atom stereocenters. The molecule has 2 saturated carbocycles. The number of likely N-dealkylation sites (tertiary alicyclic amines) is 1. The molecule has 3 aliphatic rings. The van der Waals surface area contributed by atoms with Gasteiger partial charge in [0.25, 0.3) is 0 Å². The smallest absolute Gasteiger partial charge is 0.0139 e. The first-order valence-electron chi connectivity index (χ1n) is 7.75. The molecular formula is C15H28N2. The fourth-order valence-electron chi connectivity index (χ4n) is 3.67. The van der Waals surface area contributed by atoms with Gasteiger partial charge in [-0.2, -0.15) is 0 Å². The van der Waals surface area contributed by atoms with Gasteiger partial charge in [0.05, 0.1) is 0 Å². The van der Waals surface area contributed by atoms with Crippen LogP contribution >= 0.6 is 0 Å². The van der Waals surface area contributed by atoms with Crippen molar-refractivity contribution in [1.82, 2.24) is 10.2 Å². The van der Waals surface area contributed by atoms with Gasteiger partial charge in [-0.1, -0.05) is 6.92 Å². The number of piperidine rings is 1. The van der Waals surface area contributed by atoms with Gasteiger partial charge >= 0.3 is 0 Å². The molecule has 98 valence electrons. The third-order valence-electron chi connectivity index (χ3n) is 5.47. The number of nitrogens with one attached hydrogen (secondary N) is 1. The van der Waals surface area contributed by atoms with Gasteiger partial charge in [0.2, 0.25) is 0 Å². The van der Waals surface area contributed by atoms with Gasteiger partial charge in [-0.15, -0.1) is 0 Å². The van der Waals surface area contributed by atoms with Crippen LogP contribution in [0.4, 0.5) is 0 Å². The fourth-order valence-corrected chi connectivity index (χ4v) is 3.67. The van der Waals surface area contributed by atoms with Crippen molar-refractivity contribution >= 4 is 0 Å². The zero-order valence-corrected chi connectivity index (χ0v) is 11.5. The molecule has 0 radical (unpaired) electrons. The molecule has 0 aromatic carbocycles. The molecule has 1 aliphatic heterocycles. The van der Waals surface area contributed by atoms with Crippen LogP contribution in [0.15, 0.2) is 0 Å². The van der Waals surface area contributed by atoms with Gasteiger partial charge in [0.15, 0.2) is 0 Å². The first kappa shape index (κ1) is 12.0. The van der Waals surface area contributed by atoms with Gasteiger partial charge in [-0.25, -0.2) is 0 Å². The van der Waals surface area contributed by atoms with Crippen LogP contribution in [0.5, 0.6) is 0 Å². The average Bonchev–Trinajstić information content (AvgIpc) is 3.07. The zero-order chi connectivity index (χ0) is 11.8. The third-order valence-corrected chi connectivity index (χ3v) is 5.47. The number of nitrogens with zero attached hydrogens (tertiary/aromatic N) is 1. The van der Waals surface area contributed by atoms with E-state index in [4.69, 9.17) is 0 Å². The van der Waals surface area contributed by atoms with E-state index in [0.717, 1.165) is 30.0 Å². The quantitative estimate of drug-likeness (QED) is 0.807. The second kappa shape index (κ2) is 4.89. The first-order chi connectivity index (χ1) is 8.25. The van der Waals surface area contributed by atoms with Crippen LogP contribution in [0.2, 0.25) is 0 Å². The topological polar surface area (TPSA) is 15.3 Å². The van der Waals surface area contributed by atoms with Crippen LogP contribution in [-0.2, 0) is 0 Å². The molecule has 2 aliphatic carbocycles. The Bertz CT molecular complexity index is 262. The molecule has 0 spiro atoms. The summed E-state index contributed by atoms with van der Waals surface area (Å²) < 4.78 is 0. The largest absolute Gasteiger partial charge is 0.314 e. The minimum Gasteiger partial charge on any atom is -0.314 e. The van der Waals surface area contributed by atoms with Crippen LogP contribution in [0.25, 0.3) is 0 Å². The standard InChI is InChI=1S/C15H28N2/c1-11-4-3-9-17(12(11)2)15-8-5-13(15)10-16-14-6-7-14/h11-16H,3-10H2,1-2H3. The molecule has 3 fully saturated rings. The van der Waals surface area contributed by atoms with Gasteiger partial charge in [0, 0.05) is 18.1 Å². The molecule has 0 aromatic rings. The molecule has 4 atom stereocenters. The third kappa shape index (κ3) is 2.53. The molecule has 1 N–H and O–H groups in total. The summed E-state index contributed by atoms with van der Waals surface area (Å²) in [5.74, 6) is 1.85. The van der Waals surface area contributed by atoms with E-state index in [9.17, 15) is 0 Å². The van der Waals surface area contributed by atoms with E-state index in [1.807, 2.05) is 0 Å². The monoisotopic (exact) mass is 236 g/mol. The highest BCUT2D eigenvalue weighted by molar-refractivity contribution is 4.95. The molecule has 1 heterocycles. The predicted octanol–water partition coefficient (Wildman–Crippen LogP) is 2.64. The lowest BCUT2D eigenvalue weighted by atomic mass is 9.76. The Hall–Kier alpha value is -0.0800. The average molecular weight is 236 g/mol. The van der Waals surface area contributed by atoms with Crippen molar-refractivity contribution in [1.29, 1.82) is 0 Å².